The van der Waals surface area contributed by atoms with E-state index in [1.54, 1.807) is 35.0 Å². The van der Waals surface area contributed by atoms with Gasteiger partial charge in [-0.3, -0.25) is 43.6 Å². The molecular formula is C36H40N10O6. The number of ether oxygens (including phenoxy) is 2. The molecule has 3 aromatic heterocycles. The average Bonchev–Trinajstić information content (AvgIpc) is 3.78. The molecule has 6 N–H and O–H groups in total. The van der Waals surface area contributed by atoms with Crippen LogP contribution in [0.25, 0.3) is 22.1 Å². The molecular weight excluding hydrogens is 668 g/mol. The summed E-state index contributed by atoms with van der Waals surface area (Å²) in [6.07, 6.45) is 5.09. The Labute approximate surface area is 298 Å². The minimum atomic E-state index is -0.671. The smallest absolute Gasteiger partial charge is 0.276 e. The summed E-state index contributed by atoms with van der Waals surface area (Å²) in [5.41, 5.74) is 14.4. The van der Waals surface area contributed by atoms with E-state index in [0.29, 0.717) is 76.2 Å². The monoisotopic (exact) mass is 708 g/mol. The number of nitrogens with two attached hydrogens (primary N) is 2. The van der Waals surface area contributed by atoms with Gasteiger partial charge in [-0.2, -0.15) is 5.10 Å². The van der Waals surface area contributed by atoms with Gasteiger partial charge in [-0.15, -0.1) is 0 Å². The standard InChI is InChI=1S/C36H40N10O6/c1-6-44-25(11-18(2)43-44)32(49)41-34-39-23-12-19(30(37)47)14-26-28(23)45(34)21(16-51-26)9-7-8-10-22-17-52-27-15-20(31(38)48)13-24-29(27)46(22)35(40-24)42-33(50)36(3,4)5/h7-8,11-15,21-22H,6,9-10,16-17H2,1-5H3,(H2,37,47)(H2,38,48)(H,39,41,49)(H,40,42,50)/b8-7+/t21-,22-/m0/s1. The molecule has 0 fully saturated rings. The number of anilines is 2. The summed E-state index contributed by atoms with van der Waals surface area (Å²) in [5.74, 6) is -0.234. The van der Waals surface area contributed by atoms with Crippen LogP contribution in [0.15, 0.2) is 42.5 Å². The highest BCUT2D eigenvalue weighted by atomic mass is 16.5. The van der Waals surface area contributed by atoms with Crippen LogP contribution in [0, 0.1) is 12.3 Å². The molecule has 2 aliphatic rings. The van der Waals surface area contributed by atoms with E-state index in [1.807, 2.05) is 55.9 Å². The molecule has 0 bridgehead atoms. The normalized spacial score (nSPS) is 16.6. The Balaban J connectivity index is 1.18. The van der Waals surface area contributed by atoms with Crippen LogP contribution in [0.5, 0.6) is 11.5 Å². The molecule has 0 spiro atoms. The van der Waals surface area contributed by atoms with Crippen LogP contribution in [0.2, 0.25) is 0 Å². The number of hydrogen-bond acceptors (Lipinski definition) is 9. The van der Waals surface area contributed by atoms with Crippen molar-refractivity contribution in [2.45, 2.75) is 66.1 Å². The minimum absolute atomic E-state index is 0.208. The fourth-order valence-corrected chi connectivity index (χ4v) is 6.58. The number of nitrogens with zero attached hydrogens (tertiary/aromatic N) is 6. The first kappa shape index (κ1) is 34.3. The molecule has 5 heterocycles. The summed E-state index contributed by atoms with van der Waals surface area (Å²) < 4.78 is 17.7. The number of aromatic nitrogens is 6. The van der Waals surface area contributed by atoms with Gasteiger partial charge >= 0.3 is 0 Å². The van der Waals surface area contributed by atoms with Crippen molar-refractivity contribution in [2.24, 2.45) is 16.9 Å². The molecule has 0 unspecified atom stereocenters. The van der Waals surface area contributed by atoms with E-state index in [9.17, 15) is 19.2 Å². The number of aryl methyl sites for hydroxylation is 2. The number of benzene rings is 2. The average molecular weight is 709 g/mol. The Morgan fingerprint density at radius 2 is 1.33 bits per heavy atom. The van der Waals surface area contributed by atoms with Crippen molar-refractivity contribution in [3.63, 3.8) is 0 Å². The van der Waals surface area contributed by atoms with Crippen molar-refractivity contribution >= 4 is 57.6 Å². The Hall–Kier alpha value is -6.19. The predicted molar refractivity (Wildman–Crippen MR) is 193 cm³/mol. The lowest BCUT2D eigenvalue weighted by atomic mass is 9.96. The summed E-state index contributed by atoms with van der Waals surface area (Å²) in [6.45, 7) is 10.2. The van der Waals surface area contributed by atoms with Crippen LogP contribution < -0.4 is 31.6 Å². The SMILES string of the molecule is CCn1nc(C)cc1C(=O)Nc1nc2cc(C(N)=O)cc3c2n1[C@@H](C/C=C/C[C@H]1COc2cc(C(N)=O)cc4nc(NC(=O)C(C)(C)C)n1c24)CO3. The van der Waals surface area contributed by atoms with Gasteiger partial charge in [0.25, 0.3) is 5.91 Å². The molecule has 2 atom stereocenters. The van der Waals surface area contributed by atoms with Gasteiger partial charge in [-0.05, 0) is 57.0 Å². The molecule has 7 rings (SSSR count). The molecule has 0 radical (unpaired) electrons. The Morgan fingerprint density at radius 3 is 1.79 bits per heavy atom. The van der Waals surface area contributed by atoms with Crippen LogP contribution in [0.1, 0.15) is 89.5 Å². The minimum Gasteiger partial charge on any atom is -0.489 e. The Morgan fingerprint density at radius 1 is 0.827 bits per heavy atom. The highest BCUT2D eigenvalue weighted by molar-refractivity contribution is 6.04. The van der Waals surface area contributed by atoms with E-state index in [4.69, 9.17) is 25.9 Å². The number of nitrogens with one attached hydrogen (secondary N) is 2. The van der Waals surface area contributed by atoms with Gasteiger partial charge in [0.1, 0.15) is 41.4 Å². The molecule has 52 heavy (non-hydrogen) atoms. The van der Waals surface area contributed by atoms with Crippen molar-refractivity contribution in [3.05, 3.63) is 65.0 Å². The fraction of sp³-hybridized carbons (Fsp3) is 0.361. The quantitative estimate of drug-likeness (QED) is 0.152. The number of carbonyl (C=O) groups is 4. The Kier molecular flexibility index (Phi) is 8.47. The number of allylic oxidation sites excluding steroid dienone is 2. The molecule has 16 nitrogen and oxygen atoms in total. The van der Waals surface area contributed by atoms with Gasteiger partial charge < -0.3 is 20.9 Å². The highest BCUT2D eigenvalue weighted by Crippen LogP contribution is 2.40. The van der Waals surface area contributed by atoms with Gasteiger partial charge in [-0.25, -0.2) is 9.97 Å². The van der Waals surface area contributed by atoms with Gasteiger partial charge in [0.2, 0.25) is 29.6 Å². The first-order valence-corrected chi connectivity index (χ1v) is 17.0. The summed E-state index contributed by atoms with van der Waals surface area (Å²) in [5, 5.41) is 10.3. The largest absolute Gasteiger partial charge is 0.489 e. The van der Waals surface area contributed by atoms with Crippen LogP contribution in [-0.2, 0) is 11.3 Å². The number of carbonyl (C=O) groups excluding carboxylic acids is 4. The van der Waals surface area contributed by atoms with Crippen molar-refractivity contribution < 1.29 is 28.7 Å². The second-order valence-electron chi connectivity index (χ2n) is 14.0. The molecule has 0 aliphatic carbocycles. The maximum absolute atomic E-state index is 13.5. The van der Waals surface area contributed by atoms with E-state index < -0.39 is 17.2 Å². The van der Waals surface area contributed by atoms with E-state index in [1.165, 1.54) is 0 Å². The second kappa shape index (κ2) is 12.9. The third-order valence-corrected chi connectivity index (χ3v) is 9.21. The highest BCUT2D eigenvalue weighted by Gasteiger charge is 2.32. The van der Waals surface area contributed by atoms with Crippen LogP contribution >= 0.6 is 0 Å². The van der Waals surface area contributed by atoms with E-state index in [0.717, 1.165) is 0 Å². The predicted octanol–water partition coefficient (Wildman–Crippen LogP) is 4.25. The topological polar surface area (TPSA) is 216 Å². The summed E-state index contributed by atoms with van der Waals surface area (Å²) in [4.78, 5) is 60.0. The van der Waals surface area contributed by atoms with E-state index in [2.05, 4.69) is 20.7 Å². The lowest BCUT2D eigenvalue weighted by Crippen LogP contribution is -2.31. The Bertz CT molecular complexity index is 2320. The fourth-order valence-electron chi connectivity index (χ4n) is 6.58. The zero-order chi connectivity index (χ0) is 37.1. The number of amides is 4. The first-order valence-electron chi connectivity index (χ1n) is 17.0. The molecule has 4 amide bonds. The summed E-state index contributed by atoms with van der Waals surface area (Å²) >= 11 is 0. The third kappa shape index (κ3) is 6.09. The maximum atomic E-state index is 13.5. The van der Waals surface area contributed by atoms with E-state index in [-0.39, 0.29) is 48.2 Å². The molecule has 5 aromatic rings. The summed E-state index contributed by atoms with van der Waals surface area (Å²) in [6, 6.07) is 7.58. The van der Waals surface area contributed by atoms with Crippen molar-refractivity contribution in [1.82, 2.24) is 28.9 Å². The van der Waals surface area contributed by atoms with Gasteiger partial charge in [0.05, 0.1) is 28.8 Å². The first-order chi connectivity index (χ1) is 24.7. The molecule has 0 saturated heterocycles. The molecule has 2 aliphatic heterocycles. The second-order valence-corrected chi connectivity index (χ2v) is 14.0. The maximum Gasteiger partial charge on any atom is 0.276 e. The van der Waals surface area contributed by atoms with Gasteiger partial charge in [-0.1, -0.05) is 32.9 Å². The number of rotatable bonds is 10. The van der Waals surface area contributed by atoms with Crippen LogP contribution in [-0.4, -0.2) is 65.7 Å². The summed E-state index contributed by atoms with van der Waals surface area (Å²) in [7, 11) is 0. The zero-order valence-electron chi connectivity index (χ0n) is 29.5. The third-order valence-electron chi connectivity index (χ3n) is 9.21. The molecule has 270 valence electrons. The van der Waals surface area contributed by atoms with Crippen LogP contribution in [0.4, 0.5) is 11.9 Å². The van der Waals surface area contributed by atoms with Crippen LogP contribution in [0.3, 0.4) is 0 Å². The molecule has 0 saturated carbocycles. The number of hydrogen-bond donors (Lipinski definition) is 4. The van der Waals surface area contributed by atoms with Crippen molar-refractivity contribution in [2.75, 3.05) is 23.8 Å². The molecule has 2 aromatic carbocycles. The van der Waals surface area contributed by atoms with Crippen molar-refractivity contribution in [3.8, 4) is 11.5 Å². The lowest BCUT2D eigenvalue weighted by molar-refractivity contribution is -0.123. The van der Waals surface area contributed by atoms with Crippen molar-refractivity contribution in [1.29, 1.82) is 0 Å². The van der Waals surface area contributed by atoms with Gasteiger partial charge in [0, 0.05) is 23.1 Å². The van der Waals surface area contributed by atoms with E-state index >= 15 is 0 Å². The molecule has 16 heteroatoms. The lowest BCUT2D eigenvalue weighted by Gasteiger charge is -2.28. The van der Waals surface area contributed by atoms with Gasteiger partial charge in [0.15, 0.2) is 0 Å². The zero-order valence-corrected chi connectivity index (χ0v) is 29.5. The number of primary amides is 2. The number of imidazole rings is 2.